The topological polar surface area (TPSA) is 72.5 Å². The van der Waals surface area contributed by atoms with E-state index < -0.39 is 11.5 Å². The summed E-state index contributed by atoms with van der Waals surface area (Å²) >= 11 is 0. The van der Waals surface area contributed by atoms with E-state index in [1.807, 2.05) is 19.1 Å². The number of hydrogen-bond donors (Lipinski definition) is 2. The van der Waals surface area contributed by atoms with Crippen molar-refractivity contribution < 1.29 is 14.6 Å². The first-order chi connectivity index (χ1) is 9.13. The summed E-state index contributed by atoms with van der Waals surface area (Å²) in [4.78, 5) is 11.0. The van der Waals surface area contributed by atoms with Crippen molar-refractivity contribution in [3.63, 3.8) is 0 Å². The lowest BCUT2D eigenvalue weighted by molar-refractivity contribution is -0.143. The Morgan fingerprint density at radius 3 is 2.45 bits per heavy atom. The molecule has 0 heterocycles. The van der Waals surface area contributed by atoms with Crippen LogP contribution in [-0.4, -0.2) is 22.7 Å². The SMILES string of the molecule is Cc1cc(OC(C)CC(C)(N)C(=O)O)ccc1C(C)C. The first-order valence-electron chi connectivity index (χ1n) is 6.93. The predicted molar refractivity (Wildman–Crippen MR) is 80.2 cm³/mol. The van der Waals surface area contributed by atoms with E-state index in [1.165, 1.54) is 18.1 Å². The number of aryl methyl sites for hydroxylation is 1. The molecule has 4 nitrogen and oxygen atoms in total. The number of hydrogen-bond acceptors (Lipinski definition) is 3. The van der Waals surface area contributed by atoms with Crippen molar-refractivity contribution in [2.45, 2.75) is 58.6 Å². The molecule has 0 saturated carbocycles. The summed E-state index contributed by atoms with van der Waals surface area (Å²) in [7, 11) is 0. The number of ether oxygens (including phenoxy) is 1. The van der Waals surface area contributed by atoms with Crippen LogP contribution in [0.15, 0.2) is 18.2 Å². The minimum Gasteiger partial charge on any atom is -0.491 e. The van der Waals surface area contributed by atoms with Crippen LogP contribution in [0, 0.1) is 6.92 Å². The van der Waals surface area contributed by atoms with Crippen LogP contribution in [0.1, 0.15) is 51.2 Å². The van der Waals surface area contributed by atoms with Gasteiger partial charge in [-0.15, -0.1) is 0 Å². The van der Waals surface area contributed by atoms with Crippen LogP contribution in [-0.2, 0) is 4.79 Å². The Morgan fingerprint density at radius 1 is 1.40 bits per heavy atom. The van der Waals surface area contributed by atoms with Crippen LogP contribution >= 0.6 is 0 Å². The van der Waals surface area contributed by atoms with Gasteiger partial charge in [0.15, 0.2) is 0 Å². The van der Waals surface area contributed by atoms with Gasteiger partial charge in [-0.25, -0.2) is 0 Å². The largest absolute Gasteiger partial charge is 0.491 e. The second-order valence-electron chi connectivity index (χ2n) is 6.03. The fourth-order valence-electron chi connectivity index (χ4n) is 2.33. The maximum Gasteiger partial charge on any atom is 0.323 e. The molecule has 0 aliphatic heterocycles. The Bertz CT molecular complexity index is 481. The Morgan fingerprint density at radius 2 is 2.00 bits per heavy atom. The van der Waals surface area contributed by atoms with Gasteiger partial charge in [0, 0.05) is 6.42 Å². The number of nitrogens with two attached hydrogens (primary N) is 1. The highest BCUT2D eigenvalue weighted by atomic mass is 16.5. The molecule has 112 valence electrons. The molecule has 0 spiro atoms. The van der Waals surface area contributed by atoms with Gasteiger partial charge in [-0.1, -0.05) is 19.9 Å². The predicted octanol–water partition coefficient (Wildman–Crippen LogP) is 3.08. The zero-order valence-corrected chi connectivity index (χ0v) is 12.9. The molecular weight excluding hydrogens is 254 g/mol. The molecule has 4 heteroatoms. The first-order valence-corrected chi connectivity index (χ1v) is 6.93. The molecule has 2 atom stereocenters. The van der Waals surface area contributed by atoms with Crippen LogP contribution in [0.5, 0.6) is 5.75 Å². The molecular formula is C16H25NO3. The third-order valence-corrected chi connectivity index (χ3v) is 3.40. The van der Waals surface area contributed by atoms with Gasteiger partial charge in [0.25, 0.3) is 0 Å². The van der Waals surface area contributed by atoms with E-state index >= 15 is 0 Å². The van der Waals surface area contributed by atoms with Crippen LogP contribution in [0.25, 0.3) is 0 Å². The molecule has 0 amide bonds. The molecule has 0 saturated heterocycles. The highest BCUT2D eigenvalue weighted by molar-refractivity contribution is 5.77. The lowest BCUT2D eigenvalue weighted by Gasteiger charge is -2.24. The Hall–Kier alpha value is -1.55. The van der Waals surface area contributed by atoms with Crippen LogP contribution in [0.4, 0.5) is 0 Å². The standard InChI is InChI=1S/C16H25NO3/c1-10(2)14-7-6-13(8-11(14)3)20-12(4)9-16(5,17)15(18)19/h6-8,10,12H,9,17H2,1-5H3,(H,18,19). The van der Waals surface area contributed by atoms with E-state index in [0.29, 0.717) is 5.92 Å². The average molecular weight is 279 g/mol. The van der Waals surface area contributed by atoms with Crippen LogP contribution in [0.2, 0.25) is 0 Å². The van der Waals surface area contributed by atoms with E-state index in [9.17, 15) is 4.79 Å². The zero-order chi connectivity index (χ0) is 15.5. The van der Waals surface area contributed by atoms with Gasteiger partial charge in [-0.05, 0) is 49.9 Å². The summed E-state index contributed by atoms with van der Waals surface area (Å²) in [6, 6.07) is 5.97. The van der Waals surface area contributed by atoms with Gasteiger partial charge in [-0.2, -0.15) is 0 Å². The molecule has 0 bridgehead atoms. The van der Waals surface area contributed by atoms with Crippen LogP contribution in [0.3, 0.4) is 0 Å². The third kappa shape index (κ3) is 4.23. The number of carboxylic acid groups (broad SMARTS) is 1. The lowest BCUT2D eigenvalue weighted by Crippen LogP contribution is -2.47. The van der Waals surface area contributed by atoms with Gasteiger partial charge in [0.1, 0.15) is 11.3 Å². The van der Waals surface area contributed by atoms with E-state index in [0.717, 1.165) is 5.75 Å². The molecule has 2 unspecified atom stereocenters. The summed E-state index contributed by atoms with van der Waals surface area (Å²) < 4.78 is 5.77. The van der Waals surface area contributed by atoms with E-state index in [4.69, 9.17) is 15.6 Å². The van der Waals surface area contributed by atoms with Gasteiger partial charge in [-0.3, -0.25) is 4.79 Å². The summed E-state index contributed by atoms with van der Waals surface area (Å²) in [6.07, 6.45) is -0.00163. The number of aliphatic carboxylic acids is 1. The van der Waals surface area contributed by atoms with Crippen molar-refractivity contribution in [2.75, 3.05) is 0 Å². The summed E-state index contributed by atoms with van der Waals surface area (Å²) in [6.45, 7) is 9.69. The minimum atomic E-state index is -1.27. The number of carboxylic acids is 1. The van der Waals surface area contributed by atoms with Gasteiger partial charge < -0.3 is 15.6 Å². The van der Waals surface area contributed by atoms with Gasteiger partial charge in [0.05, 0.1) is 6.10 Å². The van der Waals surface area contributed by atoms with Gasteiger partial charge >= 0.3 is 5.97 Å². The molecule has 1 rings (SSSR count). The quantitative estimate of drug-likeness (QED) is 0.839. The van der Waals surface area contributed by atoms with E-state index in [1.54, 1.807) is 0 Å². The first kappa shape index (κ1) is 16.5. The number of benzene rings is 1. The Labute approximate surface area is 120 Å². The molecule has 0 aliphatic rings. The Kier molecular flexibility index (Phi) is 5.17. The van der Waals surface area contributed by atoms with Crippen molar-refractivity contribution in [3.05, 3.63) is 29.3 Å². The van der Waals surface area contributed by atoms with Crippen molar-refractivity contribution in [1.29, 1.82) is 0 Å². The third-order valence-electron chi connectivity index (χ3n) is 3.40. The molecule has 3 N–H and O–H groups in total. The van der Waals surface area contributed by atoms with Crippen molar-refractivity contribution in [3.8, 4) is 5.75 Å². The number of rotatable bonds is 6. The zero-order valence-electron chi connectivity index (χ0n) is 12.9. The normalized spacial score (nSPS) is 15.8. The summed E-state index contributed by atoms with van der Waals surface area (Å²) in [5.41, 5.74) is 6.93. The second-order valence-corrected chi connectivity index (χ2v) is 6.03. The average Bonchev–Trinajstić information content (AvgIpc) is 2.26. The maximum atomic E-state index is 11.0. The fraction of sp³-hybridized carbons (Fsp3) is 0.562. The molecule has 0 fully saturated rings. The van der Waals surface area contributed by atoms with Gasteiger partial charge in [0.2, 0.25) is 0 Å². The summed E-state index contributed by atoms with van der Waals surface area (Å²) in [5.74, 6) is 0.209. The molecule has 0 aliphatic carbocycles. The van der Waals surface area contributed by atoms with Crippen molar-refractivity contribution >= 4 is 5.97 Å². The highest BCUT2D eigenvalue weighted by Gasteiger charge is 2.30. The van der Waals surface area contributed by atoms with E-state index in [-0.39, 0.29) is 12.5 Å². The molecule has 0 aromatic heterocycles. The Balaban J connectivity index is 2.74. The lowest BCUT2D eigenvalue weighted by atomic mass is 9.96. The number of carbonyl (C=O) groups is 1. The minimum absolute atomic E-state index is 0.257. The highest BCUT2D eigenvalue weighted by Crippen LogP contribution is 2.25. The maximum absolute atomic E-state index is 11.0. The molecule has 1 aromatic carbocycles. The molecule has 20 heavy (non-hydrogen) atoms. The smallest absolute Gasteiger partial charge is 0.323 e. The van der Waals surface area contributed by atoms with E-state index in [2.05, 4.69) is 26.8 Å². The van der Waals surface area contributed by atoms with Crippen molar-refractivity contribution in [2.24, 2.45) is 5.73 Å². The van der Waals surface area contributed by atoms with Crippen molar-refractivity contribution in [1.82, 2.24) is 0 Å². The molecule has 0 radical (unpaired) electrons. The monoisotopic (exact) mass is 279 g/mol. The van der Waals surface area contributed by atoms with Crippen LogP contribution < -0.4 is 10.5 Å². The summed E-state index contributed by atoms with van der Waals surface area (Å²) in [5, 5.41) is 9.02. The fourth-order valence-corrected chi connectivity index (χ4v) is 2.33. The second kappa shape index (κ2) is 6.27. The molecule has 1 aromatic rings.